The second-order valence-corrected chi connectivity index (χ2v) is 3.77. The lowest BCUT2D eigenvalue weighted by Crippen LogP contribution is -1.84. The lowest BCUT2D eigenvalue weighted by molar-refractivity contribution is 0.535. The van der Waals surface area contributed by atoms with Gasteiger partial charge in [0.05, 0.1) is 16.8 Å². The number of furan rings is 1. The van der Waals surface area contributed by atoms with Crippen molar-refractivity contribution in [3.63, 3.8) is 0 Å². The van der Waals surface area contributed by atoms with Gasteiger partial charge in [-0.15, -0.1) is 0 Å². The molecule has 0 aliphatic heterocycles. The maximum atomic E-state index is 5.85. The van der Waals surface area contributed by atoms with Crippen LogP contribution in [0.1, 0.15) is 5.76 Å². The summed E-state index contributed by atoms with van der Waals surface area (Å²) in [7, 11) is 0. The van der Waals surface area contributed by atoms with Crippen molar-refractivity contribution in [3.05, 3.63) is 36.3 Å². The summed E-state index contributed by atoms with van der Waals surface area (Å²) in [5.74, 6) is 1.65. The van der Waals surface area contributed by atoms with Crippen molar-refractivity contribution < 1.29 is 4.42 Å². The molecule has 3 aromatic rings. The highest BCUT2D eigenvalue weighted by atomic mass is 16.3. The third-order valence-corrected chi connectivity index (χ3v) is 2.55. The molecule has 0 fully saturated rings. The monoisotopic (exact) mass is 213 g/mol. The molecule has 0 radical (unpaired) electrons. The van der Waals surface area contributed by atoms with Crippen LogP contribution in [-0.4, -0.2) is 9.97 Å². The highest BCUT2D eigenvalue weighted by Crippen LogP contribution is 2.24. The third kappa shape index (κ3) is 1.27. The molecule has 16 heavy (non-hydrogen) atoms. The Kier molecular flexibility index (Phi) is 1.77. The second-order valence-electron chi connectivity index (χ2n) is 3.77. The molecule has 0 bridgehead atoms. The number of hydrogen-bond acceptors (Lipinski definition) is 3. The Bertz CT molecular complexity index is 651. The van der Waals surface area contributed by atoms with Gasteiger partial charge in [0.25, 0.3) is 0 Å². The van der Waals surface area contributed by atoms with Crippen LogP contribution in [0.3, 0.4) is 0 Å². The number of nitrogen functional groups attached to an aromatic ring is 1. The molecule has 3 N–H and O–H groups in total. The molecule has 4 heteroatoms. The first-order chi connectivity index (χ1) is 7.74. The lowest BCUT2D eigenvalue weighted by Gasteiger charge is -1.90. The van der Waals surface area contributed by atoms with Crippen LogP contribution in [0.2, 0.25) is 0 Å². The number of H-pyrrole nitrogens is 1. The molecule has 0 saturated heterocycles. The van der Waals surface area contributed by atoms with E-state index in [9.17, 15) is 0 Å². The first-order valence-electron chi connectivity index (χ1n) is 5.04. The van der Waals surface area contributed by atoms with E-state index in [0.29, 0.717) is 5.69 Å². The second kappa shape index (κ2) is 3.13. The minimum absolute atomic E-state index is 0.681. The minimum Gasteiger partial charge on any atom is -0.469 e. The summed E-state index contributed by atoms with van der Waals surface area (Å²) >= 11 is 0. The van der Waals surface area contributed by atoms with E-state index in [2.05, 4.69) is 9.97 Å². The average molecular weight is 213 g/mol. The van der Waals surface area contributed by atoms with Crippen molar-refractivity contribution in [2.45, 2.75) is 6.92 Å². The fraction of sp³-hybridized carbons (Fsp3) is 0.0833. The summed E-state index contributed by atoms with van der Waals surface area (Å²) in [5.41, 5.74) is 9.21. The van der Waals surface area contributed by atoms with E-state index in [0.717, 1.165) is 28.2 Å². The number of anilines is 1. The zero-order chi connectivity index (χ0) is 11.1. The smallest absolute Gasteiger partial charge is 0.141 e. The van der Waals surface area contributed by atoms with E-state index in [1.54, 1.807) is 6.26 Å². The van der Waals surface area contributed by atoms with Gasteiger partial charge in [-0.2, -0.15) is 0 Å². The number of para-hydroxylation sites is 1. The molecule has 0 aliphatic rings. The summed E-state index contributed by atoms with van der Waals surface area (Å²) in [6, 6.07) is 7.64. The molecular weight excluding hydrogens is 202 g/mol. The van der Waals surface area contributed by atoms with Crippen molar-refractivity contribution in [1.82, 2.24) is 9.97 Å². The molecule has 3 rings (SSSR count). The summed E-state index contributed by atoms with van der Waals surface area (Å²) in [6.45, 7) is 1.90. The van der Waals surface area contributed by atoms with E-state index in [-0.39, 0.29) is 0 Å². The average Bonchev–Trinajstić information content (AvgIpc) is 2.84. The van der Waals surface area contributed by atoms with Crippen LogP contribution in [0.5, 0.6) is 0 Å². The van der Waals surface area contributed by atoms with Gasteiger partial charge in [-0.1, -0.05) is 6.07 Å². The molecule has 0 aliphatic carbocycles. The number of nitrogens with one attached hydrogen (secondary N) is 1. The molecule has 80 valence electrons. The van der Waals surface area contributed by atoms with Crippen LogP contribution in [-0.2, 0) is 0 Å². The molecule has 0 saturated carbocycles. The SMILES string of the molecule is Cc1cc(-c2nc3c(N)cccc3[nH]2)co1. The van der Waals surface area contributed by atoms with Crippen molar-refractivity contribution in [2.75, 3.05) is 5.73 Å². The Hall–Kier alpha value is -2.23. The number of aromatic amines is 1. The topological polar surface area (TPSA) is 67.8 Å². The minimum atomic E-state index is 0.681. The van der Waals surface area contributed by atoms with E-state index in [4.69, 9.17) is 10.2 Å². The van der Waals surface area contributed by atoms with Gasteiger partial charge in [-0.25, -0.2) is 4.98 Å². The number of rotatable bonds is 1. The van der Waals surface area contributed by atoms with Crippen LogP contribution in [0.4, 0.5) is 5.69 Å². The summed E-state index contributed by atoms with van der Waals surface area (Å²) in [6.07, 6.45) is 1.68. The van der Waals surface area contributed by atoms with Gasteiger partial charge in [-0.05, 0) is 25.1 Å². The fourth-order valence-corrected chi connectivity index (χ4v) is 1.76. The molecule has 0 unspecified atom stereocenters. The van der Waals surface area contributed by atoms with Crippen LogP contribution in [0, 0.1) is 6.92 Å². The molecular formula is C12H11N3O. The standard InChI is InChI=1S/C12H11N3O/c1-7-5-8(6-16-7)12-14-10-4-2-3-9(13)11(10)15-12/h2-6H,13H2,1H3,(H,14,15). The van der Waals surface area contributed by atoms with Gasteiger partial charge in [0.15, 0.2) is 0 Å². The van der Waals surface area contributed by atoms with Crippen molar-refractivity contribution in [2.24, 2.45) is 0 Å². The first-order valence-corrected chi connectivity index (χ1v) is 5.04. The lowest BCUT2D eigenvalue weighted by atomic mass is 10.3. The summed E-state index contributed by atoms with van der Waals surface area (Å²) < 4.78 is 5.25. The quantitative estimate of drug-likeness (QED) is 0.611. The largest absolute Gasteiger partial charge is 0.469 e. The van der Waals surface area contributed by atoms with Crippen LogP contribution in [0.15, 0.2) is 34.9 Å². The predicted octanol–water partition coefficient (Wildman–Crippen LogP) is 2.71. The molecule has 1 aromatic carbocycles. The normalized spacial score (nSPS) is 11.1. The predicted molar refractivity (Wildman–Crippen MR) is 62.9 cm³/mol. The zero-order valence-electron chi connectivity index (χ0n) is 8.82. The molecule has 2 heterocycles. The summed E-state index contributed by atoms with van der Waals surface area (Å²) in [4.78, 5) is 7.67. The number of imidazole rings is 1. The third-order valence-electron chi connectivity index (χ3n) is 2.55. The van der Waals surface area contributed by atoms with E-state index in [1.165, 1.54) is 0 Å². The van der Waals surface area contributed by atoms with Crippen molar-refractivity contribution in [3.8, 4) is 11.4 Å². The highest BCUT2D eigenvalue weighted by molar-refractivity contribution is 5.89. The van der Waals surface area contributed by atoms with Gasteiger partial charge < -0.3 is 15.1 Å². The van der Waals surface area contributed by atoms with Gasteiger partial charge in [0.1, 0.15) is 23.4 Å². The number of aromatic nitrogens is 2. The van der Waals surface area contributed by atoms with Crippen LogP contribution in [0.25, 0.3) is 22.4 Å². The number of fused-ring (bicyclic) bond motifs is 1. The Labute approximate surface area is 92.1 Å². The zero-order valence-corrected chi connectivity index (χ0v) is 8.82. The number of nitrogens with two attached hydrogens (primary N) is 1. The number of aryl methyl sites for hydroxylation is 1. The highest BCUT2D eigenvalue weighted by Gasteiger charge is 2.08. The maximum absolute atomic E-state index is 5.85. The number of hydrogen-bond donors (Lipinski definition) is 2. The molecule has 0 atom stereocenters. The van der Waals surface area contributed by atoms with Gasteiger partial charge in [-0.3, -0.25) is 0 Å². The molecule has 0 amide bonds. The molecule has 2 aromatic heterocycles. The Balaban J connectivity index is 2.22. The summed E-state index contributed by atoms with van der Waals surface area (Å²) in [5, 5.41) is 0. The Morgan fingerprint density at radius 2 is 2.25 bits per heavy atom. The molecule has 4 nitrogen and oxygen atoms in total. The van der Waals surface area contributed by atoms with E-state index < -0.39 is 0 Å². The van der Waals surface area contributed by atoms with E-state index in [1.807, 2.05) is 31.2 Å². The van der Waals surface area contributed by atoms with Crippen molar-refractivity contribution in [1.29, 1.82) is 0 Å². The van der Waals surface area contributed by atoms with Crippen LogP contribution >= 0.6 is 0 Å². The van der Waals surface area contributed by atoms with Gasteiger partial charge >= 0.3 is 0 Å². The van der Waals surface area contributed by atoms with Crippen molar-refractivity contribution >= 4 is 16.7 Å². The fourth-order valence-electron chi connectivity index (χ4n) is 1.76. The van der Waals surface area contributed by atoms with Gasteiger partial charge in [0, 0.05) is 0 Å². The van der Waals surface area contributed by atoms with Gasteiger partial charge in [0.2, 0.25) is 0 Å². The van der Waals surface area contributed by atoms with E-state index >= 15 is 0 Å². The number of nitrogens with zero attached hydrogens (tertiary/aromatic N) is 1. The maximum Gasteiger partial charge on any atom is 0.141 e. The van der Waals surface area contributed by atoms with Crippen LogP contribution < -0.4 is 5.73 Å². The number of benzene rings is 1. The Morgan fingerprint density at radius 1 is 1.38 bits per heavy atom. The Morgan fingerprint density at radius 3 is 2.94 bits per heavy atom. The molecule has 0 spiro atoms. The first kappa shape index (κ1) is 9.03.